The molecule has 0 radical (unpaired) electrons. The first-order valence-electron chi connectivity index (χ1n) is 6.60. The highest BCUT2D eigenvalue weighted by Gasteiger charge is 2.06. The van der Waals surface area contributed by atoms with Gasteiger partial charge >= 0.3 is 0 Å². The molecular weight excluding hydrogens is 302 g/mol. The zero-order valence-corrected chi connectivity index (χ0v) is 12.9. The van der Waals surface area contributed by atoms with Crippen LogP contribution >= 0.6 is 15.9 Å². The normalized spacial score (nSPS) is 10.5. The molecular formula is C15H18BrN3. The van der Waals surface area contributed by atoms with E-state index in [1.165, 1.54) is 5.56 Å². The van der Waals surface area contributed by atoms with Gasteiger partial charge in [-0.2, -0.15) is 0 Å². The Hall–Kier alpha value is -1.42. The van der Waals surface area contributed by atoms with Crippen LogP contribution < -0.4 is 5.32 Å². The van der Waals surface area contributed by atoms with Crippen molar-refractivity contribution < 1.29 is 0 Å². The van der Waals surface area contributed by atoms with Crippen molar-refractivity contribution >= 4 is 21.7 Å². The van der Waals surface area contributed by atoms with Crippen molar-refractivity contribution in [2.24, 2.45) is 0 Å². The molecule has 0 saturated carbocycles. The number of nitrogens with one attached hydrogen (secondary N) is 1. The van der Waals surface area contributed by atoms with E-state index in [4.69, 9.17) is 0 Å². The molecule has 100 valence electrons. The third-order valence-corrected chi connectivity index (χ3v) is 3.49. The van der Waals surface area contributed by atoms with Gasteiger partial charge in [-0.25, -0.2) is 9.97 Å². The molecule has 1 aromatic carbocycles. The molecule has 0 spiro atoms. The van der Waals surface area contributed by atoms with Gasteiger partial charge in [-0.1, -0.05) is 38.1 Å². The van der Waals surface area contributed by atoms with Gasteiger partial charge < -0.3 is 5.32 Å². The Kier molecular flexibility index (Phi) is 4.91. The second-order valence-corrected chi connectivity index (χ2v) is 5.22. The lowest BCUT2D eigenvalue weighted by Gasteiger charge is -2.08. The maximum Gasteiger partial charge on any atom is 0.161 e. The summed E-state index contributed by atoms with van der Waals surface area (Å²) in [4.78, 5) is 8.94. The first-order chi connectivity index (χ1) is 9.24. The number of benzene rings is 1. The van der Waals surface area contributed by atoms with Crippen LogP contribution in [0.1, 0.15) is 25.8 Å². The van der Waals surface area contributed by atoms with Gasteiger partial charge in [0.25, 0.3) is 0 Å². The molecule has 19 heavy (non-hydrogen) atoms. The highest BCUT2D eigenvalue weighted by molar-refractivity contribution is 9.10. The number of aromatic nitrogens is 2. The van der Waals surface area contributed by atoms with Gasteiger partial charge in [0.1, 0.15) is 5.82 Å². The third kappa shape index (κ3) is 3.53. The predicted octanol–water partition coefficient (Wildman–Crippen LogP) is 4.29. The number of rotatable bonds is 5. The molecule has 1 N–H and O–H groups in total. The summed E-state index contributed by atoms with van der Waals surface area (Å²) in [5.41, 5.74) is 2.37. The highest BCUT2D eigenvalue weighted by atomic mass is 79.9. The van der Waals surface area contributed by atoms with Gasteiger partial charge in [-0.15, -0.1) is 0 Å². The number of halogens is 1. The van der Waals surface area contributed by atoms with E-state index in [-0.39, 0.29) is 0 Å². The van der Waals surface area contributed by atoms with Crippen LogP contribution in [0.3, 0.4) is 0 Å². The Morgan fingerprint density at radius 2 is 1.89 bits per heavy atom. The Bertz CT molecular complexity index is 538. The van der Waals surface area contributed by atoms with E-state index in [1.807, 2.05) is 0 Å². The summed E-state index contributed by atoms with van der Waals surface area (Å²) in [6, 6.07) is 8.40. The monoisotopic (exact) mass is 319 g/mol. The van der Waals surface area contributed by atoms with Crippen LogP contribution in [0.2, 0.25) is 0 Å². The van der Waals surface area contributed by atoms with Gasteiger partial charge in [0.05, 0.1) is 4.47 Å². The first kappa shape index (κ1) is 14.0. The number of anilines is 1. The van der Waals surface area contributed by atoms with Gasteiger partial charge in [0.15, 0.2) is 5.82 Å². The van der Waals surface area contributed by atoms with Crippen LogP contribution in [0.25, 0.3) is 11.4 Å². The van der Waals surface area contributed by atoms with E-state index in [2.05, 4.69) is 69.3 Å². The molecule has 0 unspecified atom stereocenters. The Labute approximate surface area is 122 Å². The van der Waals surface area contributed by atoms with Crippen LogP contribution in [-0.2, 0) is 6.42 Å². The van der Waals surface area contributed by atoms with Gasteiger partial charge in [0.2, 0.25) is 0 Å². The molecule has 2 rings (SSSR count). The number of hydrogen-bond donors (Lipinski definition) is 1. The van der Waals surface area contributed by atoms with Crippen molar-refractivity contribution in [3.05, 3.63) is 40.5 Å². The highest BCUT2D eigenvalue weighted by Crippen LogP contribution is 2.23. The molecule has 1 aromatic heterocycles. The van der Waals surface area contributed by atoms with Crippen LogP contribution in [0.4, 0.5) is 5.82 Å². The van der Waals surface area contributed by atoms with Gasteiger partial charge in [-0.3, -0.25) is 0 Å². The summed E-state index contributed by atoms with van der Waals surface area (Å²) in [5, 5.41) is 3.30. The number of nitrogens with zero attached hydrogens (tertiary/aromatic N) is 2. The molecule has 0 fully saturated rings. The fourth-order valence-electron chi connectivity index (χ4n) is 1.76. The van der Waals surface area contributed by atoms with Gasteiger partial charge in [0, 0.05) is 18.3 Å². The molecule has 4 heteroatoms. The van der Waals surface area contributed by atoms with E-state index in [9.17, 15) is 0 Å². The first-order valence-corrected chi connectivity index (χ1v) is 7.39. The second-order valence-electron chi connectivity index (χ2n) is 4.37. The van der Waals surface area contributed by atoms with E-state index < -0.39 is 0 Å². The minimum Gasteiger partial charge on any atom is -0.369 e. The average molecular weight is 320 g/mol. The smallest absolute Gasteiger partial charge is 0.161 e. The van der Waals surface area contributed by atoms with Crippen molar-refractivity contribution in [1.29, 1.82) is 0 Å². The van der Waals surface area contributed by atoms with Crippen LogP contribution in [-0.4, -0.2) is 16.5 Å². The van der Waals surface area contributed by atoms with Crippen LogP contribution in [0.5, 0.6) is 0 Å². The lowest BCUT2D eigenvalue weighted by atomic mass is 10.1. The quantitative estimate of drug-likeness (QED) is 0.893. The third-order valence-electron chi connectivity index (χ3n) is 2.91. The van der Waals surface area contributed by atoms with E-state index in [1.54, 1.807) is 6.20 Å². The molecule has 0 aliphatic rings. The topological polar surface area (TPSA) is 37.8 Å². The molecule has 1 heterocycles. The second kappa shape index (κ2) is 6.66. The molecule has 0 aliphatic carbocycles. The summed E-state index contributed by atoms with van der Waals surface area (Å²) in [5.74, 6) is 1.61. The Balaban J connectivity index is 2.28. The van der Waals surface area contributed by atoms with E-state index in [0.717, 1.165) is 41.1 Å². The molecule has 0 saturated heterocycles. The van der Waals surface area contributed by atoms with Crippen molar-refractivity contribution in [1.82, 2.24) is 9.97 Å². The van der Waals surface area contributed by atoms with Crippen LogP contribution in [0, 0.1) is 0 Å². The summed E-state index contributed by atoms with van der Waals surface area (Å²) >= 11 is 3.47. The molecule has 0 aliphatic heterocycles. The van der Waals surface area contributed by atoms with Crippen molar-refractivity contribution in [3.8, 4) is 11.4 Å². The van der Waals surface area contributed by atoms with Crippen molar-refractivity contribution in [2.75, 3.05) is 11.9 Å². The molecule has 0 bridgehead atoms. The van der Waals surface area contributed by atoms with Crippen molar-refractivity contribution in [2.45, 2.75) is 26.7 Å². The SMILES string of the molecule is CCCNc1nc(-c2ccc(CC)cc2)ncc1Br. The molecule has 3 nitrogen and oxygen atoms in total. The van der Waals surface area contributed by atoms with E-state index in [0.29, 0.717) is 0 Å². The minimum absolute atomic E-state index is 0.754. The van der Waals surface area contributed by atoms with Crippen molar-refractivity contribution in [3.63, 3.8) is 0 Å². The summed E-state index contributed by atoms with van der Waals surface area (Å²) < 4.78 is 0.898. The zero-order valence-electron chi connectivity index (χ0n) is 11.3. The standard InChI is InChI=1S/C15H18BrN3/c1-3-9-17-15-13(16)10-18-14(19-15)12-7-5-11(4-2)6-8-12/h5-8,10H,3-4,9H2,1-2H3,(H,17,18,19). The average Bonchev–Trinajstić information content (AvgIpc) is 2.46. The summed E-state index contributed by atoms with van der Waals surface area (Å²) in [7, 11) is 0. The minimum atomic E-state index is 0.754. The summed E-state index contributed by atoms with van der Waals surface area (Å²) in [6.45, 7) is 5.19. The summed E-state index contributed by atoms with van der Waals surface area (Å²) in [6.07, 6.45) is 3.91. The Morgan fingerprint density at radius 3 is 2.53 bits per heavy atom. The fraction of sp³-hybridized carbons (Fsp3) is 0.333. The predicted molar refractivity (Wildman–Crippen MR) is 83.3 cm³/mol. The largest absolute Gasteiger partial charge is 0.369 e. The molecule has 0 amide bonds. The molecule has 2 aromatic rings. The van der Waals surface area contributed by atoms with Gasteiger partial charge in [-0.05, 0) is 34.3 Å². The van der Waals surface area contributed by atoms with E-state index >= 15 is 0 Å². The number of aryl methyl sites for hydroxylation is 1. The maximum absolute atomic E-state index is 4.57. The van der Waals surface area contributed by atoms with Crippen LogP contribution in [0.15, 0.2) is 34.9 Å². The maximum atomic E-state index is 4.57. The zero-order chi connectivity index (χ0) is 13.7. The fourth-order valence-corrected chi connectivity index (χ4v) is 2.09. The lowest BCUT2D eigenvalue weighted by molar-refractivity contribution is 0.963. The lowest BCUT2D eigenvalue weighted by Crippen LogP contribution is -2.04. The molecule has 0 atom stereocenters. The Morgan fingerprint density at radius 1 is 1.16 bits per heavy atom. The number of hydrogen-bond acceptors (Lipinski definition) is 3.